The minimum Gasteiger partial charge on any atom is -0.274 e. The van der Waals surface area contributed by atoms with E-state index in [1.165, 1.54) is 55.4 Å². The van der Waals surface area contributed by atoms with E-state index >= 15 is 0 Å². The van der Waals surface area contributed by atoms with E-state index in [9.17, 15) is 9.59 Å². The standard InChI is InChI=1S/C27H33NO2/c1-3-23-24(4-2)26(30)28(25(23)29)17-21-15-22-14-20(21)16-27(22)12-10-19(11-13-27)18-8-6-5-7-9-18/h3-9,19-22H,10-17H2,1-2H3/b23-3+,24-4+. The summed E-state index contributed by atoms with van der Waals surface area (Å²) in [6.45, 7) is 4.32. The van der Waals surface area contributed by atoms with Crippen LogP contribution in [0.2, 0.25) is 0 Å². The first-order valence-electron chi connectivity index (χ1n) is 11.8. The van der Waals surface area contributed by atoms with Crippen molar-refractivity contribution in [3.8, 4) is 0 Å². The predicted molar refractivity (Wildman–Crippen MR) is 119 cm³/mol. The first-order chi connectivity index (χ1) is 14.6. The maximum absolute atomic E-state index is 12.8. The Kier molecular flexibility index (Phi) is 4.95. The molecule has 1 aromatic carbocycles. The van der Waals surface area contributed by atoms with Crippen LogP contribution < -0.4 is 0 Å². The molecule has 158 valence electrons. The highest BCUT2D eigenvalue weighted by Gasteiger charge is 2.56. The lowest BCUT2D eigenvalue weighted by Crippen LogP contribution is -2.40. The molecule has 1 aromatic rings. The summed E-state index contributed by atoms with van der Waals surface area (Å²) in [5.41, 5.74) is 3.22. The summed E-state index contributed by atoms with van der Waals surface area (Å²) in [6.07, 6.45) is 12.7. The lowest BCUT2D eigenvalue weighted by Gasteiger charge is -2.45. The zero-order valence-corrected chi connectivity index (χ0v) is 18.3. The molecule has 3 saturated carbocycles. The van der Waals surface area contributed by atoms with E-state index < -0.39 is 0 Å². The summed E-state index contributed by atoms with van der Waals surface area (Å²) < 4.78 is 0. The summed E-state index contributed by atoms with van der Waals surface area (Å²) in [5.74, 6) is 2.53. The number of carbonyl (C=O) groups is 2. The average molecular weight is 404 g/mol. The Labute approximate surface area is 180 Å². The molecule has 3 atom stereocenters. The molecule has 1 heterocycles. The molecular formula is C27H33NO2. The molecule has 30 heavy (non-hydrogen) atoms. The molecule has 0 aromatic heterocycles. The van der Waals surface area contributed by atoms with Crippen LogP contribution >= 0.6 is 0 Å². The van der Waals surface area contributed by atoms with Gasteiger partial charge in [0.15, 0.2) is 0 Å². The summed E-state index contributed by atoms with van der Waals surface area (Å²) in [7, 11) is 0. The average Bonchev–Trinajstić information content (AvgIpc) is 3.40. The third-order valence-corrected chi connectivity index (χ3v) is 8.86. The second-order valence-electron chi connectivity index (χ2n) is 10.1. The molecule has 3 nitrogen and oxygen atoms in total. The van der Waals surface area contributed by atoms with E-state index in [1.807, 2.05) is 13.8 Å². The SMILES string of the molecule is C/C=C1/C(=O)N(CC2CC3CC2CC32CCC(c3ccccc3)CC2)C(=O)/C1=C/C. The molecule has 4 fully saturated rings. The number of allylic oxidation sites excluding steroid dienone is 2. The third-order valence-electron chi connectivity index (χ3n) is 8.86. The van der Waals surface area contributed by atoms with E-state index in [2.05, 4.69) is 30.3 Å². The molecule has 1 saturated heterocycles. The van der Waals surface area contributed by atoms with Crippen LogP contribution in [0.4, 0.5) is 0 Å². The van der Waals surface area contributed by atoms with Gasteiger partial charge < -0.3 is 0 Å². The Morgan fingerprint density at radius 2 is 1.60 bits per heavy atom. The molecule has 3 aliphatic carbocycles. The van der Waals surface area contributed by atoms with E-state index in [4.69, 9.17) is 0 Å². The molecule has 4 aliphatic rings. The molecule has 3 unspecified atom stereocenters. The van der Waals surface area contributed by atoms with Crippen LogP contribution in [0.25, 0.3) is 0 Å². The Balaban J connectivity index is 1.23. The fourth-order valence-corrected chi connectivity index (χ4v) is 7.31. The number of carbonyl (C=O) groups excluding carboxylic acids is 2. The Hall–Kier alpha value is -2.16. The van der Waals surface area contributed by atoms with Gasteiger partial charge in [0.25, 0.3) is 11.8 Å². The number of likely N-dealkylation sites (tertiary alicyclic amines) is 1. The van der Waals surface area contributed by atoms with Crippen LogP contribution in [-0.4, -0.2) is 23.3 Å². The molecule has 3 heteroatoms. The number of fused-ring (bicyclic) bond motifs is 3. The maximum atomic E-state index is 12.8. The summed E-state index contributed by atoms with van der Waals surface area (Å²) in [4.78, 5) is 27.1. The van der Waals surface area contributed by atoms with Crippen LogP contribution in [0.15, 0.2) is 53.6 Å². The summed E-state index contributed by atoms with van der Waals surface area (Å²) in [6, 6.07) is 11.0. The van der Waals surface area contributed by atoms with Crippen molar-refractivity contribution in [2.24, 2.45) is 23.2 Å². The van der Waals surface area contributed by atoms with Gasteiger partial charge in [-0.1, -0.05) is 42.5 Å². The largest absolute Gasteiger partial charge is 0.274 e. The smallest absolute Gasteiger partial charge is 0.261 e. The van der Waals surface area contributed by atoms with Crippen LogP contribution in [-0.2, 0) is 9.59 Å². The fraction of sp³-hybridized carbons (Fsp3) is 0.556. The van der Waals surface area contributed by atoms with Crippen LogP contribution in [0.3, 0.4) is 0 Å². The zero-order valence-electron chi connectivity index (χ0n) is 18.3. The molecule has 2 bridgehead atoms. The quantitative estimate of drug-likeness (QED) is 0.484. The van der Waals surface area contributed by atoms with E-state index in [0.717, 1.165) is 11.8 Å². The van der Waals surface area contributed by atoms with Crippen LogP contribution in [0.1, 0.15) is 70.3 Å². The number of imide groups is 1. The van der Waals surface area contributed by atoms with Gasteiger partial charge in [0.05, 0.1) is 0 Å². The lowest BCUT2D eigenvalue weighted by atomic mass is 9.60. The monoisotopic (exact) mass is 403 g/mol. The van der Waals surface area contributed by atoms with Crippen molar-refractivity contribution in [3.63, 3.8) is 0 Å². The van der Waals surface area contributed by atoms with Gasteiger partial charge in [-0.15, -0.1) is 0 Å². The second-order valence-corrected chi connectivity index (χ2v) is 10.1. The Morgan fingerprint density at radius 1 is 0.967 bits per heavy atom. The maximum Gasteiger partial charge on any atom is 0.261 e. The van der Waals surface area contributed by atoms with Gasteiger partial charge in [0.1, 0.15) is 0 Å². The molecule has 1 spiro atoms. The topological polar surface area (TPSA) is 37.4 Å². The van der Waals surface area contributed by atoms with Gasteiger partial charge >= 0.3 is 0 Å². The number of amides is 2. The van der Waals surface area contributed by atoms with Gasteiger partial charge in [-0.2, -0.15) is 0 Å². The molecular weight excluding hydrogens is 370 g/mol. The third kappa shape index (κ3) is 3.01. The van der Waals surface area contributed by atoms with Gasteiger partial charge in [0.2, 0.25) is 0 Å². The number of nitrogens with zero attached hydrogens (tertiary/aromatic N) is 1. The van der Waals surface area contributed by atoms with Crippen molar-refractivity contribution in [1.29, 1.82) is 0 Å². The van der Waals surface area contributed by atoms with Crippen molar-refractivity contribution in [3.05, 3.63) is 59.2 Å². The fourth-order valence-electron chi connectivity index (χ4n) is 7.31. The van der Waals surface area contributed by atoms with Crippen molar-refractivity contribution in [2.45, 2.75) is 64.7 Å². The van der Waals surface area contributed by atoms with Gasteiger partial charge in [-0.05, 0) is 93.4 Å². The van der Waals surface area contributed by atoms with Gasteiger partial charge in [-0.3, -0.25) is 14.5 Å². The van der Waals surface area contributed by atoms with Crippen molar-refractivity contribution >= 4 is 11.8 Å². The number of rotatable bonds is 3. The van der Waals surface area contributed by atoms with E-state index in [1.54, 1.807) is 12.2 Å². The molecule has 2 amide bonds. The van der Waals surface area contributed by atoms with Crippen LogP contribution in [0, 0.1) is 23.2 Å². The molecule has 5 rings (SSSR count). The summed E-state index contributed by atoms with van der Waals surface area (Å²) >= 11 is 0. The summed E-state index contributed by atoms with van der Waals surface area (Å²) in [5, 5.41) is 0. The second kappa shape index (κ2) is 7.51. The van der Waals surface area contributed by atoms with E-state index in [0.29, 0.717) is 34.9 Å². The highest BCUT2D eigenvalue weighted by atomic mass is 16.2. The van der Waals surface area contributed by atoms with Gasteiger partial charge in [0, 0.05) is 17.7 Å². The molecule has 0 N–H and O–H groups in total. The van der Waals surface area contributed by atoms with Gasteiger partial charge in [-0.25, -0.2) is 0 Å². The normalized spacial score (nSPS) is 38.5. The van der Waals surface area contributed by atoms with E-state index in [-0.39, 0.29) is 11.8 Å². The Bertz CT molecular complexity index is 874. The zero-order chi connectivity index (χ0) is 20.9. The Morgan fingerprint density at radius 3 is 2.13 bits per heavy atom. The van der Waals surface area contributed by atoms with Crippen LogP contribution in [0.5, 0.6) is 0 Å². The van der Waals surface area contributed by atoms with Crippen molar-refractivity contribution in [2.75, 3.05) is 6.54 Å². The number of benzene rings is 1. The number of hydrogen-bond donors (Lipinski definition) is 0. The highest BCUT2D eigenvalue weighted by Crippen LogP contribution is 2.64. The first-order valence-corrected chi connectivity index (χ1v) is 11.8. The lowest BCUT2D eigenvalue weighted by molar-refractivity contribution is -0.137. The first kappa shape index (κ1) is 19.8. The number of hydrogen-bond acceptors (Lipinski definition) is 2. The minimum absolute atomic E-state index is 0.0866. The molecule has 0 radical (unpaired) electrons. The van der Waals surface area contributed by atoms with Crippen molar-refractivity contribution in [1.82, 2.24) is 4.90 Å². The predicted octanol–water partition coefficient (Wildman–Crippen LogP) is 5.64. The van der Waals surface area contributed by atoms with Crippen molar-refractivity contribution < 1.29 is 9.59 Å². The highest BCUT2D eigenvalue weighted by molar-refractivity contribution is 6.24. The molecule has 1 aliphatic heterocycles. The minimum atomic E-state index is -0.0866.